The van der Waals surface area contributed by atoms with Crippen molar-refractivity contribution in [2.75, 3.05) is 0 Å². The minimum absolute atomic E-state index is 0.0759. The number of halogens is 1. The van der Waals surface area contributed by atoms with Crippen molar-refractivity contribution in [3.63, 3.8) is 0 Å². The third-order valence-electron chi connectivity index (χ3n) is 2.78. The molecule has 1 aliphatic carbocycles. The Balaban J connectivity index is 2.35. The number of fused-ring (bicyclic) bond motifs is 1. The van der Waals surface area contributed by atoms with Crippen molar-refractivity contribution in [3.05, 3.63) is 29.7 Å². The average molecular weight is 190 g/mol. The minimum atomic E-state index is -0.0759. The second-order valence-electron chi connectivity index (χ2n) is 3.97. The lowest BCUT2D eigenvalue weighted by molar-refractivity contribution is 0.614. The minimum Gasteiger partial charge on any atom is -0.275 e. The first-order chi connectivity index (χ1) is 6.75. The number of aryl methyl sites for hydroxylation is 1. The van der Waals surface area contributed by atoms with Gasteiger partial charge in [-0.15, -0.1) is 0 Å². The predicted molar refractivity (Wildman–Crippen MR) is 52.6 cm³/mol. The highest BCUT2D eigenvalue weighted by Gasteiger charge is 2.28. The fraction of sp³-hybridized carbons (Fsp3) is 0.364. The summed E-state index contributed by atoms with van der Waals surface area (Å²) in [5, 5.41) is 5.26. The molecular formula is C11H11FN2. The molecule has 1 heterocycles. The summed E-state index contributed by atoms with van der Waals surface area (Å²) in [6.45, 7) is 0. The maximum atomic E-state index is 13.6. The van der Waals surface area contributed by atoms with E-state index in [0.29, 0.717) is 5.92 Å². The van der Waals surface area contributed by atoms with Crippen molar-refractivity contribution >= 4 is 10.9 Å². The second kappa shape index (κ2) is 2.56. The van der Waals surface area contributed by atoms with Crippen molar-refractivity contribution in [2.45, 2.75) is 18.8 Å². The molecule has 2 aromatic rings. The Bertz CT molecular complexity index is 497. The zero-order valence-electron chi connectivity index (χ0n) is 8.00. The van der Waals surface area contributed by atoms with Gasteiger partial charge < -0.3 is 0 Å². The summed E-state index contributed by atoms with van der Waals surface area (Å²) in [6, 6.07) is 3.28. The summed E-state index contributed by atoms with van der Waals surface area (Å²) < 4.78 is 15.3. The van der Waals surface area contributed by atoms with E-state index in [2.05, 4.69) is 5.10 Å². The molecular weight excluding hydrogens is 179 g/mol. The van der Waals surface area contributed by atoms with Gasteiger partial charge in [0.2, 0.25) is 0 Å². The topological polar surface area (TPSA) is 17.8 Å². The number of nitrogens with zero attached hydrogens (tertiary/aromatic N) is 2. The van der Waals surface area contributed by atoms with E-state index in [1.54, 1.807) is 10.7 Å². The van der Waals surface area contributed by atoms with Gasteiger partial charge in [0.1, 0.15) is 5.82 Å². The smallest absolute Gasteiger partial charge is 0.127 e. The molecule has 0 radical (unpaired) electrons. The van der Waals surface area contributed by atoms with Crippen LogP contribution in [0.5, 0.6) is 0 Å². The number of rotatable bonds is 1. The van der Waals surface area contributed by atoms with Gasteiger partial charge in [0, 0.05) is 24.2 Å². The molecule has 3 heteroatoms. The van der Waals surface area contributed by atoms with Gasteiger partial charge in [-0.1, -0.05) is 0 Å². The number of hydrogen-bond acceptors (Lipinski definition) is 1. The first-order valence-corrected chi connectivity index (χ1v) is 4.87. The van der Waals surface area contributed by atoms with Crippen LogP contribution in [0, 0.1) is 5.82 Å². The van der Waals surface area contributed by atoms with Gasteiger partial charge in [0.15, 0.2) is 0 Å². The fourth-order valence-electron chi connectivity index (χ4n) is 1.99. The van der Waals surface area contributed by atoms with E-state index < -0.39 is 0 Å². The summed E-state index contributed by atoms with van der Waals surface area (Å²) >= 11 is 0. The van der Waals surface area contributed by atoms with E-state index in [-0.39, 0.29) is 5.82 Å². The fourth-order valence-corrected chi connectivity index (χ4v) is 1.99. The second-order valence-corrected chi connectivity index (χ2v) is 3.97. The number of aromatic nitrogens is 2. The molecule has 14 heavy (non-hydrogen) atoms. The SMILES string of the molecule is Cn1cc2c(C3CC3)c(F)ccc2n1. The molecule has 3 rings (SSSR count). The molecule has 2 nitrogen and oxygen atoms in total. The normalized spacial score (nSPS) is 16.4. The molecule has 0 aliphatic heterocycles. The lowest BCUT2D eigenvalue weighted by Crippen LogP contribution is -1.87. The van der Waals surface area contributed by atoms with Crippen molar-refractivity contribution in [3.8, 4) is 0 Å². The Morgan fingerprint density at radius 3 is 2.93 bits per heavy atom. The van der Waals surface area contributed by atoms with Gasteiger partial charge >= 0.3 is 0 Å². The van der Waals surface area contributed by atoms with Crippen LogP contribution in [0.1, 0.15) is 24.3 Å². The van der Waals surface area contributed by atoms with E-state index in [0.717, 1.165) is 29.3 Å². The maximum absolute atomic E-state index is 13.6. The summed E-state index contributed by atoms with van der Waals surface area (Å²) in [5.74, 6) is 0.357. The van der Waals surface area contributed by atoms with Gasteiger partial charge in [-0.3, -0.25) is 4.68 Å². The Morgan fingerprint density at radius 2 is 2.21 bits per heavy atom. The van der Waals surface area contributed by atoms with Crippen LogP contribution in [-0.2, 0) is 7.05 Å². The molecule has 1 fully saturated rings. The molecule has 0 unspecified atom stereocenters. The van der Waals surface area contributed by atoms with E-state index >= 15 is 0 Å². The Kier molecular flexibility index (Phi) is 1.46. The van der Waals surface area contributed by atoms with Crippen LogP contribution in [0.4, 0.5) is 4.39 Å². The molecule has 0 N–H and O–H groups in total. The highest BCUT2D eigenvalue weighted by Crippen LogP contribution is 2.44. The van der Waals surface area contributed by atoms with Gasteiger partial charge in [0.25, 0.3) is 0 Å². The molecule has 1 saturated carbocycles. The molecule has 0 amide bonds. The molecule has 0 atom stereocenters. The monoisotopic (exact) mass is 190 g/mol. The molecule has 1 aromatic heterocycles. The Labute approximate surface area is 81.3 Å². The summed E-state index contributed by atoms with van der Waals surface area (Å²) in [5.41, 5.74) is 1.77. The zero-order chi connectivity index (χ0) is 9.71. The van der Waals surface area contributed by atoms with Crippen LogP contribution in [-0.4, -0.2) is 9.78 Å². The lowest BCUT2D eigenvalue weighted by Gasteiger charge is -2.00. The highest BCUT2D eigenvalue weighted by atomic mass is 19.1. The van der Waals surface area contributed by atoms with Crippen LogP contribution < -0.4 is 0 Å². The molecule has 1 aliphatic rings. The van der Waals surface area contributed by atoms with Crippen LogP contribution in [0.3, 0.4) is 0 Å². The molecule has 1 aromatic carbocycles. The zero-order valence-corrected chi connectivity index (χ0v) is 8.00. The van der Waals surface area contributed by atoms with E-state index in [1.807, 2.05) is 13.2 Å². The van der Waals surface area contributed by atoms with E-state index in [9.17, 15) is 4.39 Å². The third-order valence-corrected chi connectivity index (χ3v) is 2.78. The van der Waals surface area contributed by atoms with Crippen molar-refractivity contribution in [1.29, 1.82) is 0 Å². The Hall–Kier alpha value is -1.38. The van der Waals surface area contributed by atoms with Gasteiger partial charge in [-0.2, -0.15) is 5.10 Å². The van der Waals surface area contributed by atoms with Crippen molar-refractivity contribution in [1.82, 2.24) is 9.78 Å². The first-order valence-electron chi connectivity index (χ1n) is 4.87. The summed E-state index contributed by atoms with van der Waals surface area (Å²) in [7, 11) is 1.87. The third kappa shape index (κ3) is 1.05. The van der Waals surface area contributed by atoms with Crippen LogP contribution in [0.2, 0.25) is 0 Å². The number of hydrogen-bond donors (Lipinski definition) is 0. The Morgan fingerprint density at radius 1 is 1.43 bits per heavy atom. The quantitative estimate of drug-likeness (QED) is 0.675. The molecule has 0 bridgehead atoms. The number of benzene rings is 1. The first kappa shape index (κ1) is 7.97. The van der Waals surface area contributed by atoms with Gasteiger partial charge in [-0.05, 0) is 30.9 Å². The molecule has 0 saturated heterocycles. The van der Waals surface area contributed by atoms with E-state index in [4.69, 9.17) is 0 Å². The summed E-state index contributed by atoms with van der Waals surface area (Å²) in [6.07, 6.45) is 4.14. The maximum Gasteiger partial charge on any atom is 0.127 e. The summed E-state index contributed by atoms with van der Waals surface area (Å²) in [4.78, 5) is 0. The van der Waals surface area contributed by atoms with Crippen LogP contribution in [0.25, 0.3) is 10.9 Å². The molecule has 0 spiro atoms. The van der Waals surface area contributed by atoms with Crippen LogP contribution >= 0.6 is 0 Å². The van der Waals surface area contributed by atoms with Crippen LogP contribution in [0.15, 0.2) is 18.3 Å². The van der Waals surface area contributed by atoms with Crippen molar-refractivity contribution < 1.29 is 4.39 Å². The van der Waals surface area contributed by atoms with E-state index in [1.165, 1.54) is 6.07 Å². The highest BCUT2D eigenvalue weighted by molar-refractivity contribution is 5.83. The predicted octanol–water partition coefficient (Wildman–Crippen LogP) is 2.59. The largest absolute Gasteiger partial charge is 0.275 e. The lowest BCUT2D eigenvalue weighted by atomic mass is 10.1. The van der Waals surface area contributed by atoms with Gasteiger partial charge in [-0.25, -0.2) is 4.39 Å². The standard InChI is InChI=1S/C11H11FN2/c1-14-6-8-10(13-14)5-4-9(12)11(8)7-2-3-7/h4-7H,2-3H2,1H3. The van der Waals surface area contributed by atoms with Gasteiger partial charge in [0.05, 0.1) is 5.52 Å². The average Bonchev–Trinajstić information content (AvgIpc) is 2.88. The van der Waals surface area contributed by atoms with Crippen molar-refractivity contribution in [2.24, 2.45) is 7.05 Å². The molecule has 72 valence electrons.